The average Bonchev–Trinajstić information content (AvgIpc) is 3.00. The molecule has 25 heavy (non-hydrogen) atoms. The van der Waals surface area contributed by atoms with E-state index in [1.807, 2.05) is 29.7 Å². The minimum atomic E-state index is -0.892. The van der Waals surface area contributed by atoms with Crippen LogP contribution in [0.5, 0.6) is 0 Å². The van der Waals surface area contributed by atoms with Crippen LogP contribution in [0, 0.1) is 17.8 Å². The van der Waals surface area contributed by atoms with E-state index < -0.39 is 6.09 Å². The number of fused-ring (bicyclic) bond motifs is 3. The summed E-state index contributed by atoms with van der Waals surface area (Å²) in [5.41, 5.74) is 0.955. The topological polar surface area (TPSA) is 86.9 Å². The van der Waals surface area contributed by atoms with Gasteiger partial charge in [0.05, 0.1) is 17.8 Å². The van der Waals surface area contributed by atoms with Crippen LogP contribution in [0.15, 0.2) is 29.0 Å². The summed E-state index contributed by atoms with van der Waals surface area (Å²) < 4.78 is 2.91. The SMILES string of the molecule is C[C@H](NC(=O)[C@@H]1[C@@H]2C[C@H]1CN(C(=O)O)C2)c1ncc2c(Br)cccn12. The Kier molecular flexibility index (Phi) is 3.94. The lowest BCUT2D eigenvalue weighted by molar-refractivity contribution is -0.141. The lowest BCUT2D eigenvalue weighted by atomic mass is 9.61. The normalized spacial score (nSPS) is 26.2. The van der Waals surface area contributed by atoms with E-state index in [9.17, 15) is 9.59 Å². The predicted octanol–water partition coefficient (Wildman–Crippen LogP) is 2.52. The quantitative estimate of drug-likeness (QED) is 0.819. The average molecular weight is 407 g/mol. The summed E-state index contributed by atoms with van der Waals surface area (Å²) in [5, 5.41) is 12.2. The lowest BCUT2D eigenvalue weighted by Crippen LogP contribution is -2.60. The number of carbonyl (C=O) groups excluding carboxylic acids is 1. The third kappa shape index (κ3) is 2.68. The van der Waals surface area contributed by atoms with Gasteiger partial charge in [-0.05, 0) is 53.2 Å². The van der Waals surface area contributed by atoms with Crippen LogP contribution >= 0.6 is 15.9 Å². The number of amides is 2. The van der Waals surface area contributed by atoms with E-state index >= 15 is 0 Å². The Morgan fingerprint density at radius 1 is 1.40 bits per heavy atom. The van der Waals surface area contributed by atoms with Crippen molar-refractivity contribution in [1.82, 2.24) is 19.6 Å². The van der Waals surface area contributed by atoms with E-state index in [1.54, 1.807) is 6.20 Å². The highest BCUT2D eigenvalue weighted by atomic mass is 79.9. The van der Waals surface area contributed by atoms with Crippen molar-refractivity contribution in [1.29, 1.82) is 0 Å². The number of halogens is 1. The van der Waals surface area contributed by atoms with Gasteiger partial charge in [0.2, 0.25) is 5.91 Å². The first-order valence-electron chi connectivity index (χ1n) is 8.35. The number of rotatable bonds is 3. The van der Waals surface area contributed by atoms with Crippen LogP contribution in [-0.2, 0) is 4.79 Å². The summed E-state index contributed by atoms with van der Waals surface area (Å²) in [4.78, 5) is 29.7. The van der Waals surface area contributed by atoms with Gasteiger partial charge in [0, 0.05) is 29.7 Å². The Morgan fingerprint density at radius 2 is 2.12 bits per heavy atom. The smallest absolute Gasteiger partial charge is 0.407 e. The molecule has 132 valence electrons. The van der Waals surface area contributed by atoms with Gasteiger partial charge in [-0.3, -0.25) is 4.79 Å². The highest BCUT2D eigenvalue weighted by Crippen LogP contribution is 2.45. The number of nitrogens with one attached hydrogen (secondary N) is 1. The molecule has 1 aliphatic heterocycles. The molecule has 2 aromatic heterocycles. The summed E-state index contributed by atoms with van der Waals surface area (Å²) in [6.45, 7) is 2.83. The van der Waals surface area contributed by atoms with Gasteiger partial charge in [0.15, 0.2) is 0 Å². The second-order valence-electron chi connectivity index (χ2n) is 6.93. The second kappa shape index (κ2) is 6.01. The molecule has 1 saturated carbocycles. The molecule has 1 aliphatic carbocycles. The molecule has 0 radical (unpaired) electrons. The van der Waals surface area contributed by atoms with Crippen LogP contribution in [0.2, 0.25) is 0 Å². The molecule has 2 N–H and O–H groups in total. The number of nitrogens with zero attached hydrogens (tertiary/aromatic N) is 3. The van der Waals surface area contributed by atoms with Crippen molar-refractivity contribution in [3.63, 3.8) is 0 Å². The van der Waals surface area contributed by atoms with E-state index in [0.717, 1.165) is 22.2 Å². The van der Waals surface area contributed by atoms with Crippen molar-refractivity contribution >= 4 is 33.4 Å². The molecular weight excluding hydrogens is 388 g/mol. The Balaban J connectivity index is 1.46. The summed E-state index contributed by atoms with van der Waals surface area (Å²) in [7, 11) is 0. The summed E-state index contributed by atoms with van der Waals surface area (Å²) in [6.07, 6.45) is 3.75. The zero-order chi connectivity index (χ0) is 17.7. The monoisotopic (exact) mass is 406 g/mol. The molecule has 2 fully saturated rings. The van der Waals surface area contributed by atoms with Gasteiger partial charge >= 0.3 is 6.09 Å². The summed E-state index contributed by atoms with van der Waals surface area (Å²) >= 11 is 3.50. The third-order valence-electron chi connectivity index (χ3n) is 5.40. The molecular formula is C17H19BrN4O3. The van der Waals surface area contributed by atoms with Crippen molar-refractivity contribution in [2.45, 2.75) is 19.4 Å². The number of carbonyl (C=O) groups is 2. The van der Waals surface area contributed by atoms with Crippen molar-refractivity contribution in [3.05, 3.63) is 34.8 Å². The van der Waals surface area contributed by atoms with E-state index in [-0.39, 0.29) is 29.7 Å². The fourth-order valence-corrected chi connectivity index (χ4v) is 4.62. The Bertz CT molecular complexity index is 840. The third-order valence-corrected chi connectivity index (χ3v) is 6.07. The van der Waals surface area contributed by atoms with Crippen molar-refractivity contribution in [2.75, 3.05) is 13.1 Å². The Morgan fingerprint density at radius 3 is 2.80 bits per heavy atom. The fourth-order valence-electron chi connectivity index (χ4n) is 4.17. The molecule has 0 spiro atoms. The summed E-state index contributed by atoms with van der Waals surface area (Å²) in [6, 6.07) is 3.66. The number of pyridine rings is 1. The zero-order valence-corrected chi connectivity index (χ0v) is 15.3. The molecule has 2 bridgehead atoms. The minimum Gasteiger partial charge on any atom is -0.465 e. The standard InChI is InChI=1S/C17H19BrN4O3/c1-9(15-19-6-13-12(18)3-2-4-22(13)15)20-16(23)14-10-5-11(14)8-21(7-10)17(24)25/h2-4,6,9-11,14H,5,7-8H2,1H3,(H,20,23)(H,24,25)/t9-,10-,11+,14-/m0/s1. The molecule has 0 aromatic carbocycles. The molecule has 8 heteroatoms. The van der Waals surface area contributed by atoms with Crippen molar-refractivity contribution < 1.29 is 14.7 Å². The number of likely N-dealkylation sites (tertiary alicyclic amines) is 1. The van der Waals surface area contributed by atoms with Gasteiger partial charge in [0.1, 0.15) is 5.82 Å². The van der Waals surface area contributed by atoms with Crippen molar-refractivity contribution in [3.8, 4) is 0 Å². The second-order valence-corrected chi connectivity index (χ2v) is 7.78. The number of carboxylic acid groups (broad SMARTS) is 1. The van der Waals surface area contributed by atoms with E-state index in [1.165, 1.54) is 4.90 Å². The van der Waals surface area contributed by atoms with Gasteiger partial charge < -0.3 is 19.7 Å². The molecule has 2 aromatic rings. The molecule has 4 rings (SSSR count). The van der Waals surface area contributed by atoms with Crippen LogP contribution in [0.25, 0.3) is 5.52 Å². The van der Waals surface area contributed by atoms with Crippen LogP contribution < -0.4 is 5.32 Å². The minimum absolute atomic E-state index is 0.00513. The van der Waals surface area contributed by atoms with Crippen LogP contribution in [0.1, 0.15) is 25.2 Å². The van der Waals surface area contributed by atoms with E-state index in [4.69, 9.17) is 5.11 Å². The fraction of sp³-hybridized carbons (Fsp3) is 0.471. The Labute approximate surface area is 153 Å². The van der Waals surface area contributed by atoms with E-state index in [2.05, 4.69) is 26.2 Å². The molecule has 4 atom stereocenters. The largest absolute Gasteiger partial charge is 0.465 e. The maximum atomic E-state index is 12.7. The number of hydrogen-bond acceptors (Lipinski definition) is 3. The number of piperidine rings is 2. The molecule has 2 amide bonds. The first kappa shape index (κ1) is 16.4. The van der Waals surface area contributed by atoms with Crippen LogP contribution in [0.4, 0.5) is 4.79 Å². The van der Waals surface area contributed by atoms with Crippen molar-refractivity contribution in [2.24, 2.45) is 17.8 Å². The first-order chi connectivity index (χ1) is 12.0. The molecule has 7 nitrogen and oxygen atoms in total. The predicted molar refractivity (Wildman–Crippen MR) is 94.1 cm³/mol. The van der Waals surface area contributed by atoms with E-state index in [0.29, 0.717) is 13.1 Å². The maximum Gasteiger partial charge on any atom is 0.407 e. The molecule has 0 unspecified atom stereocenters. The summed E-state index contributed by atoms with van der Waals surface area (Å²) in [5.74, 6) is 0.962. The highest BCUT2D eigenvalue weighted by molar-refractivity contribution is 9.10. The van der Waals surface area contributed by atoms with Crippen LogP contribution in [-0.4, -0.2) is 44.5 Å². The Hall–Kier alpha value is -2.09. The van der Waals surface area contributed by atoms with Gasteiger partial charge in [-0.25, -0.2) is 9.78 Å². The lowest BCUT2D eigenvalue weighted by Gasteiger charge is -2.51. The number of hydrogen-bond donors (Lipinski definition) is 2. The van der Waals surface area contributed by atoms with Gasteiger partial charge in [0.25, 0.3) is 0 Å². The molecule has 3 heterocycles. The maximum absolute atomic E-state index is 12.7. The number of imidazole rings is 1. The van der Waals surface area contributed by atoms with Gasteiger partial charge in [-0.2, -0.15) is 0 Å². The number of aromatic nitrogens is 2. The molecule has 1 saturated heterocycles. The van der Waals surface area contributed by atoms with Gasteiger partial charge in [-0.15, -0.1) is 0 Å². The zero-order valence-electron chi connectivity index (χ0n) is 13.7. The van der Waals surface area contributed by atoms with Crippen LogP contribution in [0.3, 0.4) is 0 Å². The van der Waals surface area contributed by atoms with Gasteiger partial charge in [-0.1, -0.05) is 0 Å². The first-order valence-corrected chi connectivity index (χ1v) is 9.14. The molecule has 2 aliphatic rings. The highest BCUT2D eigenvalue weighted by Gasteiger charge is 2.51.